The van der Waals surface area contributed by atoms with Gasteiger partial charge in [-0.3, -0.25) is 4.79 Å². The molecule has 9 heteroatoms. The van der Waals surface area contributed by atoms with Crippen LogP contribution in [0.15, 0.2) is 0 Å². The van der Waals surface area contributed by atoms with Gasteiger partial charge in [0.15, 0.2) is 11.0 Å². The first-order valence-electron chi connectivity index (χ1n) is 8.73. The van der Waals surface area contributed by atoms with Crippen molar-refractivity contribution in [1.29, 1.82) is 0 Å². The molecule has 0 aromatic carbocycles. The second kappa shape index (κ2) is 8.26. The Balaban J connectivity index is 2.01. The van der Waals surface area contributed by atoms with Gasteiger partial charge >= 0.3 is 6.09 Å². The zero-order valence-corrected chi connectivity index (χ0v) is 16.6. The van der Waals surface area contributed by atoms with Crippen LogP contribution in [0.2, 0.25) is 5.15 Å². The number of likely N-dealkylation sites (tertiary alicyclic amines) is 1. The van der Waals surface area contributed by atoms with Crippen molar-refractivity contribution in [1.82, 2.24) is 20.2 Å². The van der Waals surface area contributed by atoms with Gasteiger partial charge in [0.2, 0.25) is 0 Å². The van der Waals surface area contributed by atoms with Crippen molar-refractivity contribution in [3.8, 4) is 0 Å². The highest BCUT2D eigenvalue weighted by molar-refractivity contribution is 6.30. The van der Waals surface area contributed by atoms with Crippen LogP contribution >= 0.6 is 11.6 Å². The maximum absolute atomic E-state index is 12.4. The van der Waals surface area contributed by atoms with Gasteiger partial charge in [-0.15, -0.1) is 0 Å². The molecule has 0 saturated carbocycles. The topological polar surface area (TPSA) is 96.6 Å². The Labute approximate surface area is 158 Å². The van der Waals surface area contributed by atoms with Crippen LogP contribution in [0, 0.1) is 6.92 Å². The molecule has 0 radical (unpaired) electrons. The third-order valence-electron chi connectivity index (χ3n) is 3.95. The van der Waals surface area contributed by atoms with Crippen molar-refractivity contribution >= 4 is 23.6 Å². The standard InChI is InChI=1S/C17H27ClN4O4/c1-6-25-12-9-22(16(24)26-17(3,4)5)8-7-11(12)20-15(23)14-19-10(2)13(18)21-14/h11-12H,6-9H2,1-5H3,(H,19,21)(H,20,23)/t11-,12+/m1/s1. The van der Waals surface area contributed by atoms with Crippen LogP contribution < -0.4 is 5.32 Å². The van der Waals surface area contributed by atoms with Crippen molar-refractivity contribution in [3.05, 3.63) is 16.7 Å². The summed E-state index contributed by atoms with van der Waals surface area (Å²) in [5.41, 5.74) is 0.0811. The Kier molecular flexibility index (Phi) is 6.52. The second-order valence-corrected chi connectivity index (χ2v) is 7.65. The number of aromatic nitrogens is 2. The minimum absolute atomic E-state index is 0.164. The SMILES string of the molecule is CCO[C@H]1CN(C(=O)OC(C)(C)C)CC[C@H]1NC(=O)c1nc(Cl)c(C)[nH]1. The third-order valence-corrected chi connectivity index (χ3v) is 4.32. The summed E-state index contributed by atoms with van der Waals surface area (Å²) in [7, 11) is 0. The molecule has 1 fully saturated rings. The molecule has 0 bridgehead atoms. The lowest BCUT2D eigenvalue weighted by Crippen LogP contribution is -2.57. The van der Waals surface area contributed by atoms with E-state index in [0.717, 1.165) is 0 Å². The number of carbonyl (C=O) groups is 2. The lowest BCUT2D eigenvalue weighted by atomic mass is 10.0. The number of nitrogens with one attached hydrogen (secondary N) is 2. The monoisotopic (exact) mass is 386 g/mol. The van der Waals surface area contributed by atoms with E-state index < -0.39 is 5.60 Å². The predicted octanol–water partition coefficient (Wildman–Crippen LogP) is 2.52. The molecule has 1 aromatic rings. The van der Waals surface area contributed by atoms with E-state index >= 15 is 0 Å². The van der Waals surface area contributed by atoms with Crippen LogP contribution in [0.5, 0.6) is 0 Å². The molecule has 2 amide bonds. The van der Waals surface area contributed by atoms with E-state index in [-0.39, 0.29) is 35.1 Å². The van der Waals surface area contributed by atoms with Crippen LogP contribution in [0.25, 0.3) is 0 Å². The minimum Gasteiger partial charge on any atom is -0.444 e. The quantitative estimate of drug-likeness (QED) is 0.828. The van der Waals surface area contributed by atoms with E-state index in [0.29, 0.717) is 31.8 Å². The summed E-state index contributed by atoms with van der Waals surface area (Å²) in [5, 5.41) is 3.20. The van der Waals surface area contributed by atoms with Crippen LogP contribution in [0.4, 0.5) is 4.79 Å². The normalized spacial score (nSPS) is 20.8. The smallest absolute Gasteiger partial charge is 0.410 e. The Bertz CT molecular complexity index is 636. The molecule has 1 aliphatic rings. The number of carbonyl (C=O) groups excluding carboxylic acids is 2. The molecule has 0 unspecified atom stereocenters. The van der Waals surface area contributed by atoms with Crippen molar-refractivity contribution < 1.29 is 19.1 Å². The summed E-state index contributed by atoms with van der Waals surface area (Å²) in [6.07, 6.45) is -0.138. The van der Waals surface area contributed by atoms with Crippen molar-refractivity contribution in [3.63, 3.8) is 0 Å². The number of amides is 2. The van der Waals surface area contributed by atoms with E-state index in [2.05, 4.69) is 15.3 Å². The van der Waals surface area contributed by atoms with Crippen LogP contribution in [0.3, 0.4) is 0 Å². The molecular weight excluding hydrogens is 360 g/mol. The Morgan fingerprint density at radius 3 is 2.65 bits per heavy atom. The summed E-state index contributed by atoms with van der Waals surface area (Å²) >= 11 is 5.90. The average Bonchev–Trinajstić information content (AvgIpc) is 2.87. The van der Waals surface area contributed by atoms with Gasteiger partial charge in [-0.1, -0.05) is 11.6 Å². The van der Waals surface area contributed by atoms with E-state index in [1.165, 1.54) is 0 Å². The van der Waals surface area contributed by atoms with Crippen LogP contribution in [-0.2, 0) is 9.47 Å². The summed E-state index contributed by atoms with van der Waals surface area (Å²) in [6.45, 7) is 10.4. The van der Waals surface area contributed by atoms with Gasteiger partial charge in [-0.05, 0) is 41.0 Å². The zero-order valence-electron chi connectivity index (χ0n) is 15.9. The van der Waals surface area contributed by atoms with Gasteiger partial charge in [0, 0.05) is 13.2 Å². The average molecular weight is 387 g/mol. The third kappa shape index (κ3) is 5.35. The van der Waals surface area contributed by atoms with Gasteiger partial charge in [0.1, 0.15) is 5.60 Å². The Hall–Kier alpha value is -1.80. The maximum Gasteiger partial charge on any atom is 0.410 e. The molecular formula is C17H27ClN4O4. The number of ether oxygens (including phenoxy) is 2. The van der Waals surface area contributed by atoms with E-state index in [1.807, 2.05) is 27.7 Å². The first-order chi connectivity index (χ1) is 12.1. The lowest BCUT2D eigenvalue weighted by Gasteiger charge is -2.38. The first kappa shape index (κ1) is 20.5. The number of rotatable bonds is 4. The minimum atomic E-state index is -0.556. The van der Waals surface area contributed by atoms with E-state index in [4.69, 9.17) is 21.1 Å². The highest BCUT2D eigenvalue weighted by atomic mass is 35.5. The molecule has 0 aliphatic carbocycles. The second-order valence-electron chi connectivity index (χ2n) is 7.29. The molecule has 2 heterocycles. The lowest BCUT2D eigenvalue weighted by molar-refractivity contribution is -0.0298. The molecule has 1 aromatic heterocycles. The fraction of sp³-hybridized carbons (Fsp3) is 0.706. The number of nitrogens with zero attached hydrogens (tertiary/aromatic N) is 2. The van der Waals surface area contributed by atoms with Crippen molar-refractivity contribution in [2.45, 2.75) is 58.8 Å². The molecule has 2 N–H and O–H groups in total. The zero-order chi connectivity index (χ0) is 19.5. The number of hydrogen-bond acceptors (Lipinski definition) is 5. The van der Waals surface area contributed by atoms with Crippen LogP contribution in [0.1, 0.15) is 50.4 Å². The molecule has 0 spiro atoms. The molecule has 2 atom stereocenters. The maximum atomic E-state index is 12.4. The predicted molar refractivity (Wildman–Crippen MR) is 97.4 cm³/mol. The van der Waals surface area contributed by atoms with E-state index in [9.17, 15) is 9.59 Å². The molecule has 8 nitrogen and oxygen atoms in total. The van der Waals surface area contributed by atoms with E-state index in [1.54, 1.807) is 11.8 Å². The number of piperidine rings is 1. The highest BCUT2D eigenvalue weighted by Gasteiger charge is 2.35. The highest BCUT2D eigenvalue weighted by Crippen LogP contribution is 2.19. The number of aromatic amines is 1. The summed E-state index contributed by atoms with van der Waals surface area (Å²) < 4.78 is 11.2. The fourth-order valence-corrected chi connectivity index (χ4v) is 2.87. The first-order valence-corrected chi connectivity index (χ1v) is 9.11. The number of H-pyrrole nitrogens is 1. The van der Waals surface area contributed by atoms with Gasteiger partial charge in [-0.25, -0.2) is 9.78 Å². The van der Waals surface area contributed by atoms with Gasteiger partial charge in [-0.2, -0.15) is 0 Å². The van der Waals surface area contributed by atoms with Gasteiger partial charge < -0.3 is 24.7 Å². The molecule has 2 rings (SSSR count). The summed E-state index contributed by atoms with van der Waals surface area (Å²) in [5.74, 6) is -0.183. The fourth-order valence-electron chi connectivity index (χ4n) is 2.74. The summed E-state index contributed by atoms with van der Waals surface area (Å²) in [6, 6.07) is -0.231. The number of imidazole rings is 1. The van der Waals surface area contributed by atoms with Gasteiger partial charge in [0.05, 0.1) is 24.4 Å². The molecule has 26 heavy (non-hydrogen) atoms. The largest absolute Gasteiger partial charge is 0.444 e. The van der Waals surface area contributed by atoms with Crippen LogP contribution in [-0.4, -0.2) is 64.3 Å². The Morgan fingerprint density at radius 2 is 2.12 bits per heavy atom. The van der Waals surface area contributed by atoms with Crippen molar-refractivity contribution in [2.75, 3.05) is 19.7 Å². The van der Waals surface area contributed by atoms with Gasteiger partial charge in [0.25, 0.3) is 5.91 Å². The number of aryl methyl sites for hydroxylation is 1. The number of hydrogen-bond donors (Lipinski definition) is 2. The molecule has 1 saturated heterocycles. The van der Waals surface area contributed by atoms with Crippen molar-refractivity contribution in [2.24, 2.45) is 0 Å². The Morgan fingerprint density at radius 1 is 1.42 bits per heavy atom. The summed E-state index contributed by atoms with van der Waals surface area (Å²) in [4.78, 5) is 33.2. The molecule has 1 aliphatic heterocycles. The molecule has 146 valence electrons. The number of halogens is 1.